The number of hydrogen-bond acceptors (Lipinski definition) is 4. The van der Waals surface area contributed by atoms with Crippen LogP contribution in [0.3, 0.4) is 0 Å². The standard InChI is InChI=1S/C24H21F2N5O/c1-2-30(14-15-31-13-10-22(29-31)17-4-6-18(25)7-5-17)24(32)21-16-19(26)8-9-20(21)23-27-11-3-12-28-23/h3-13,16H,2,14-15H2,1H3. The Kier molecular flexibility index (Phi) is 6.30. The molecule has 4 aromatic rings. The van der Waals surface area contributed by atoms with Gasteiger partial charge in [-0.15, -0.1) is 0 Å². The molecule has 0 radical (unpaired) electrons. The normalized spacial score (nSPS) is 10.8. The Hall–Kier alpha value is -3.94. The van der Waals surface area contributed by atoms with Crippen LogP contribution < -0.4 is 0 Å². The van der Waals surface area contributed by atoms with Gasteiger partial charge in [0, 0.05) is 42.8 Å². The third-order valence-electron chi connectivity index (χ3n) is 5.07. The van der Waals surface area contributed by atoms with Crippen LogP contribution in [-0.4, -0.2) is 43.6 Å². The van der Waals surface area contributed by atoms with Crippen LogP contribution in [0.2, 0.25) is 0 Å². The molecule has 0 N–H and O–H groups in total. The molecule has 1 amide bonds. The van der Waals surface area contributed by atoms with E-state index in [1.165, 1.54) is 30.3 Å². The molecular weight excluding hydrogens is 412 g/mol. The van der Waals surface area contributed by atoms with Crippen LogP contribution in [0, 0.1) is 11.6 Å². The maximum atomic E-state index is 14.0. The molecule has 8 heteroatoms. The number of rotatable bonds is 7. The molecule has 2 aromatic heterocycles. The summed E-state index contributed by atoms with van der Waals surface area (Å²) in [7, 11) is 0. The first-order valence-electron chi connectivity index (χ1n) is 10.2. The van der Waals surface area contributed by atoms with Gasteiger partial charge in [0.05, 0.1) is 17.8 Å². The van der Waals surface area contributed by atoms with Gasteiger partial charge in [-0.3, -0.25) is 9.48 Å². The van der Waals surface area contributed by atoms with E-state index in [0.717, 1.165) is 5.56 Å². The van der Waals surface area contributed by atoms with E-state index in [0.29, 0.717) is 36.7 Å². The fraction of sp³-hybridized carbons (Fsp3) is 0.167. The second-order valence-corrected chi connectivity index (χ2v) is 7.12. The van der Waals surface area contributed by atoms with E-state index in [2.05, 4.69) is 15.1 Å². The van der Waals surface area contributed by atoms with Crippen LogP contribution in [0.4, 0.5) is 8.78 Å². The summed E-state index contributed by atoms with van der Waals surface area (Å²) >= 11 is 0. The summed E-state index contributed by atoms with van der Waals surface area (Å²) in [6, 6.07) is 13.7. The molecule has 0 bridgehead atoms. The first kappa shape index (κ1) is 21.3. The van der Waals surface area contributed by atoms with Gasteiger partial charge in [0.25, 0.3) is 5.91 Å². The van der Waals surface area contributed by atoms with Gasteiger partial charge in [-0.25, -0.2) is 18.7 Å². The molecular formula is C24H21F2N5O. The van der Waals surface area contributed by atoms with Crippen molar-refractivity contribution in [1.82, 2.24) is 24.6 Å². The number of nitrogens with zero attached hydrogens (tertiary/aromatic N) is 5. The molecule has 4 rings (SSSR count). The van der Waals surface area contributed by atoms with Gasteiger partial charge in [-0.1, -0.05) is 0 Å². The molecule has 2 aromatic carbocycles. The van der Waals surface area contributed by atoms with Gasteiger partial charge < -0.3 is 4.90 Å². The lowest BCUT2D eigenvalue weighted by Crippen LogP contribution is -2.34. The average Bonchev–Trinajstić information content (AvgIpc) is 3.29. The Morgan fingerprint density at radius 2 is 1.72 bits per heavy atom. The number of amides is 1. The summed E-state index contributed by atoms with van der Waals surface area (Å²) in [4.78, 5) is 23.3. The molecule has 162 valence electrons. The number of hydrogen-bond donors (Lipinski definition) is 0. The molecule has 0 spiro atoms. The third-order valence-corrected chi connectivity index (χ3v) is 5.07. The predicted molar refractivity (Wildman–Crippen MR) is 117 cm³/mol. The van der Waals surface area contributed by atoms with E-state index in [4.69, 9.17) is 0 Å². The van der Waals surface area contributed by atoms with Gasteiger partial charge in [0.2, 0.25) is 0 Å². The number of aromatic nitrogens is 4. The highest BCUT2D eigenvalue weighted by Crippen LogP contribution is 2.23. The maximum Gasteiger partial charge on any atom is 0.254 e. The van der Waals surface area contributed by atoms with Crippen molar-refractivity contribution in [3.05, 3.63) is 90.4 Å². The molecule has 0 atom stereocenters. The summed E-state index contributed by atoms with van der Waals surface area (Å²) < 4.78 is 28.8. The van der Waals surface area contributed by atoms with E-state index < -0.39 is 5.82 Å². The summed E-state index contributed by atoms with van der Waals surface area (Å²) in [5.74, 6) is -0.744. The minimum Gasteiger partial charge on any atom is -0.337 e. The number of likely N-dealkylation sites (N-methyl/N-ethyl adjacent to an activating group) is 1. The first-order valence-corrected chi connectivity index (χ1v) is 10.2. The topological polar surface area (TPSA) is 63.9 Å². The van der Waals surface area contributed by atoms with Gasteiger partial charge in [-0.05, 0) is 61.5 Å². The fourth-order valence-electron chi connectivity index (χ4n) is 3.38. The highest BCUT2D eigenvalue weighted by Gasteiger charge is 2.20. The molecule has 2 heterocycles. The second-order valence-electron chi connectivity index (χ2n) is 7.12. The van der Waals surface area contributed by atoms with Crippen molar-refractivity contribution in [1.29, 1.82) is 0 Å². The number of carbonyl (C=O) groups is 1. The maximum absolute atomic E-state index is 14.0. The number of benzene rings is 2. The van der Waals surface area contributed by atoms with Crippen molar-refractivity contribution >= 4 is 5.91 Å². The minimum atomic E-state index is -0.500. The first-order chi connectivity index (χ1) is 15.5. The summed E-state index contributed by atoms with van der Waals surface area (Å²) in [5, 5.41) is 4.50. The van der Waals surface area contributed by atoms with Crippen molar-refractivity contribution in [3.8, 4) is 22.6 Å². The van der Waals surface area contributed by atoms with Crippen molar-refractivity contribution in [2.24, 2.45) is 0 Å². The monoisotopic (exact) mass is 433 g/mol. The molecule has 32 heavy (non-hydrogen) atoms. The molecule has 0 saturated carbocycles. The Labute approximate surface area is 184 Å². The molecule has 0 aliphatic heterocycles. The van der Waals surface area contributed by atoms with Gasteiger partial charge >= 0.3 is 0 Å². The lowest BCUT2D eigenvalue weighted by Gasteiger charge is -2.22. The van der Waals surface area contributed by atoms with Crippen molar-refractivity contribution in [3.63, 3.8) is 0 Å². The van der Waals surface area contributed by atoms with E-state index in [1.807, 2.05) is 19.2 Å². The second kappa shape index (κ2) is 9.47. The fourth-order valence-corrected chi connectivity index (χ4v) is 3.38. The van der Waals surface area contributed by atoms with Crippen LogP contribution in [-0.2, 0) is 6.54 Å². The molecule has 0 unspecified atom stereocenters. The van der Waals surface area contributed by atoms with E-state index >= 15 is 0 Å². The van der Waals surface area contributed by atoms with Gasteiger partial charge in [0.1, 0.15) is 11.6 Å². The molecule has 6 nitrogen and oxygen atoms in total. The summed E-state index contributed by atoms with van der Waals surface area (Å²) in [5.41, 5.74) is 2.22. The lowest BCUT2D eigenvalue weighted by molar-refractivity contribution is 0.0757. The molecule has 0 aliphatic rings. The largest absolute Gasteiger partial charge is 0.337 e. The summed E-state index contributed by atoms with van der Waals surface area (Å²) in [6.45, 7) is 3.14. The SMILES string of the molecule is CCN(CCn1ccc(-c2ccc(F)cc2)n1)C(=O)c1cc(F)ccc1-c1ncccn1. The van der Waals surface area contributed by atoms with Crippen LogP contribution in [0.5, 0.6) is 0 Å². The zero-order valence-corrected chi connectivity index (χ0v) is 17.4. The van der Waals surface area contributed by atoms with Crippen LogP contribution in [0.15, 0.2) is 73.2 Å². The van der Waals surface area contributed by atoms with Crippen LogP contribution in [0.25, 0.3) is 22.6 Å². The third kappa shape index (κ3) is 4.69. The van der Waals surface area contributed by atoms with E-state index in [-0.39, 0.29) is 17.3 Å². The molecule has 0 aliphatic carbocycles. The predicted octanol–water partition coefficient (Wildman–Crippen LogP) is 4.45. The lowest BCUT2D eigenvalue weighted by atomic mass is 10.0. The molecule has 0 fully saturated rings. The minimum absolute atomic E-state index is 0.213. The van der Waals surface area contributed by atoms with Crippen molar-refractivity contribution in [2.75, 3.05) is 13.1 Å². The zero-order valence-electron chi connectivity index (χ0n) is 17.4. The Morgan fingerprint density at radius 3 is 2.44 bits per heavy atom. The molecule has 0 saturated heterocycles. The van der Waals surface area contributed by atoms with Crippen LogP contribution in [0.1, 0.15) is 17.3 Å². The van der Waals surface area contributed by atoms with Crippen LogP contribution >= 0.6 is 0 Å². The summed E-state index contributed by atoms with van der Waals surface area (Å²) in [6.07, 6.45) is 4.96. The Morgan fingerprint density at radius 1 is 1.00 bits per heavy atom. The van der Waals surface area contributed by atoms with Gasteiger partial charge in [-0.2, -0.15) is 5.10 Å². The van der Waals surface area contributed by atoms with E-state index in [9.17, 15) is 13.6 Å². The Balaban J connectivity index is 1.51. The highest BCUT2D eigenvalue weighted by molar-refractivity contribution is 6.00. The average molecular weight is 433 g/mol. The zero-order chi connectivity index (χ0) is 22.5. The van der Waals surface area contributed by atoms with E-state index in [1.54, 1.807) is 40.2 Å². The highest BCUT2D eigenvalue weighted by atomic mass is 19.1. The Bertz CT molecular complexity index is 1210. The number of carbonyl (C=O) groups excluding carboxylic acids is 1. The quantitative estimate of drug-likeness (QED) is 0.432. The van der Waals surface area contributed by atoms with Crippen molar-refractivity contribution in [2.45, 2.75) is 13.5 Å². The van der Waals surface area contributed by atoms with Crippen molar-refractivity contribution < 1.29 is 13.6 Å². The van der Waals surface area contributed by atoms with Gasteiger partial charge in [0.15, 0.2) is 5.82 Å². The number of halogens is 2. The smallest absolute Gasteiger partial charge is 0.254 e.